The van der Waals surface area contributed by atoms with E-state index >= 15 is 0 Å². The quantitative estimate of drug-likeness (QED) is 0.325. The van der Waals surface area contributed by atoms with E-state index in [0.29, 0.717) is 11.0 Å². The van der Waals surface area contributed by atoms with Crippen molar-refractivity contribution in [3.8, 4) is 0 Å². The number of unbranched alkanes of at least 4 members (excludes halogenated alkanes) is 3. The van der Waals surface area contributed by atoms with E-state index in [2.05, 4.69) is 19.1 Å². The van der Waals surface area contributed by atoms with Gasteiger partial charge in [0.2, 0.25) is 5.78 Å². The lowest BCUT2D eigenvalue weighted by Gasteiger charge is -2.09. The molecule has 0 radical (unpaired) electrons. The van der Waals surface area contributed by atoms with Crippen molar-refractivity contribution in [3.63, 3.8) is 0 Å². The molecule has 1 saturated carbocycles. The fourth-order valence-electron chi connectivity index (χ4n) is 4.36. The smallest absolute Gasteiger partial charge is 0.303 e. The first kappa shape index (κ1) is 21.9. The Morgan fingerprint density at radius 3 is 2.74 bits per heavy atom. The fraction of sp³-hybridized carbons (Fsp3) is 0.652. The standard InChI is InChI=1S/C23H33ClO3/c1-2-8-17-13-14-18(15-17)9-7-11-20-19(16-21(24)23(20)27)10-5-3-4-6-12-22(25)26/h7,9,11,16-19H,2-6,8,10,12-15H2,1H3,(H,25,26). The van der Waals surface area contributed by atoms with E-state index in [4.69, 9.17) is 16.7 Å². The van der Waals surface area contributed by atoms with Crippen molar-refractivity contribution >= 4 is 23.4 Å². The number of carbonyl (C=O) groups excluding carboxylic acids is 1. The van der Waals surface area contributed by atoms with Crippen molar-refractivity contribution in [2.45, 2.75) is 77.6 Å². The maximum atomic E-state index is 12.3. The average molecular weight is 393 g/mol. The number of carboxylic acid groups (broad SMARTS) is 1. The van der Waals surface area contributed by atoms with Crippen LogP contribution in [-0.4, -0.2) is 16.9 Å². The van der Waals surface area contributed by atoms with E-state index in [0.717, 1.165) is 43.6 Å². The summed E-state index contributed by atoms with van der Waals surface area (Å²) in [6.07, 6.45) is 19.4. The first-order valence-electron chi connectivity index (χ1n) is 10.5. The van der Waals surface area contributed by atoms with Gasteiger partial charge in [-0.1, -0.05) is 74.9 Å². The average Bonchev–Trinajstić information content (AvgIpc) is 3.17. The zero-order valence-electron chi connectivity index (χ0n) is 16.5. The van der Waals surface area contributed by atoms with Crippen LogP contribution in [-0.2, 0) is 9.59 Å². The lowest BCUT2D eigenvalue weighted by molar-refractivity contribution is -0.137. The molecule has 1 N–H and O–H groups in total. The third-order valence-electron chi connectivity index (χ3n) is 5.82. The van der Waals surface area contributed by atoms with Gasteiger partial charge in [0.1, 0.15) is 0 Å². The van der Waals surface area contributed by atoms with Crippen molar-refractivity contribution in [1.82, 2.24) is 0 Å². The Morgan fingerprint density at radius 2 is 2.00 bits per heavy atom. The molecule has 0 bridgehead atoms. The number of rotatable bonds is 11. The molecule has 3 nitrogen and oxygen atoms in total. The minimum atomic E-state index is -0.730. The molecule has 2 aliphatic carbocycles. The van der Waals surface area contributed by atoms with Gasteiger partial charge in [0.15, 0.2) is 0 Å². The number of carbonyl (C=O) groups is 2. The van der Waals surface area contributed by atoms with Crippen LogP contribution in [0.4, 0.5) is 0 Å². The predicted octanol–water partition coefficient (Wildman–Crippen LogP) is 6.43. The summed E-state index contributed by atoms with van der Waals surface area (Å²) in [5, 5.41) is 9.01. The fourth-order valence-corrected chi connectivity index (χ4v) is 4.62. The molecule has 0 heterocycles. The van der Waals surface area contributed by atoms with Crippen LogP contribution in [0.5, 0.6) is 0 Å². The number of allylic oxidation sites excluding steroid dienone is 6. The van der Waals surface area contributed by atoms with E-state index in [1.165, 1.54) is 32.1 Å². The van der Waals surface area contributed by atoms with Crippen molar-refractivity contribution in [2.75, 3.05) is 0 Å². The van der Waals surface area contributed by atoms with Crippen LogP contribution in [0, 0.1) is 17.8 Å². The summed E-state index contributed by atoms with van der Waals surface area (Å²) in [6.45, 7) is 2.25. The summed E-state index contributed by atoms with van der Waals surface area (Å²) in [5.74, 6) is 0.853. The van der Waals surface area contributed by atoms with E-state index in [-0.39, 0.29) is 18.1 Å². The second kappa shape index (κ2) is 11.5. The summed E-state index contributed by atoms with van der Waals surface area (Å²) in [6, 6.07) is 0. The third kappa shape index (κ3) is 7.29. The maximum absolute atomic E-state index is 12.3. The van der Waals surface area contributed by atoms with E-state index in [1.807, 2.05) is 12.2 Å². The Labute approximate surface area is 168 Å². The molecule has 0 aromatic heterocycles. The molecule has 27 heavy (non-hydrogen) atoms. The van der Waals surface area contributed by atoms with E-state index in [9.17, 15) is 9.59 Å². The molecule has 0 amide bonds. The Bertz CT molecular complexity index is 603. The Hall–Kier alpha value is -1.35. The minimum absolute atomic E-state index is 0.0347. The number of aliphatic carboxylic acids is 1. The molecule has 0 saturated heterocycles. The number of carboxylic acids is 1. The van der Waals surface area contributed by atoms with Gasteiger partial charge in [-0.05, 0) is 43.9 Å². The summed E-state index contributed by atoms with van der Waals surface area (Å²) in [5.41, 5.74) is 0.810. The highest BCUT2D eigenvalue weighted by atomic mass is 35.5. The monoisotopic (exact) mass is 392 g/mol. The van der Waals surface area contributed by atoms with Crippen LogP contribution in [0.3, 0.4) is 0 Å². The lowest BCUT2D eigenvalue weighted by atomic mass is 9.94. The van der Waals surface area contributed by atoms with Gasteiger partial charge in [-0.15, -0.1) is 0 Å². The van der Waals surface area contributed by atoms with Crippen LogP contribution < -0.4 is 0 Å². The highest BCUT2D eigenvalue weighted by Gasteiger charge is 2.28. The van der Waals surface area contributed by atoms with Gasteiger partial charge in [0.05, 0.1) is 5.03 Å². The number of halogens is 1. The summed E-state index contributed by atoms with van der Waals surface area (Å²) < 4.78 is 0. The van der Waals surface area contributed by atoms with Crippen LogP contribution in [0.25, 0.3) is 0 Å². The summed E-state index contributed by atoms with van der Waals surface area (Å²) >= 11 is 6.09. The van der Waals surface area contributed by atoms with Crippen molar-refractivity contribution in [3.05, 3.63) is 34.9 Å². The highest BCUT2D eigenvalue weighted by molar-refractivity contribution is 6.46. The minimum Gasteiger partial charge on any atom is -0.481 e. The molecule has 0 aromatic rings. The topological polar surface area (TPSA) is 54.4 Å². The van der Waals surface area contributed by atoms with Gasteiger partial charge in [0, 0.05) is 17.9 Å². The molecule has 3 atom stereocenters. The van der Waals surface area contributed by atoms with E-state index in [1.54, 1.807) is 0 Å². The Balaban J connectivity index is 1.80. The lowest BCUT2D eigenvalue weighted by Crippen LogP contribution is -2.04. The molecule has 0 spiro atoms. The molecule has 3 unspecified atom stereocenters. The summed E-state index contributed by atoms with van der Waals surface area (Å²) in [7, 11) is 0. The normalized spacial score (nSPS) is 27.0. The molecule has 0 aromatic carbocycles. The van der Waals surface area contributed by atoms with Crippen LogP contribution >= 0.6 is 11.6 Å². The number of hydrogen-bond donors (Lipinski definition) is 1. The Morgan fingerprint density at radius 1 is 1.22 bits per heavy atom. The van der Waals surface area contributed by atoms with Crippen molar-refractivity contribution < 1.29 is 14.7 Å². The van der Waals surface area contributed by atoms with Crippen LogP contribution in [0.2, 0.25) is 0 Å². The predicted molar refractivity (Wildman–Crippen MR) is 111 cm³/mol. The van der Waals surface area contributed by atoms with Gasteiger partial charge in [0.25, 0.3) is 0 Å². The van der Waals surface area contributed by atoms with Gasteiger partial charge in [-0.25, -0.2) is 0 Å². The number of ketones is 1. The summed E-state index contributed by atoms with van der Waals surface area (Å²) in [4.78, 5) is 22.9. The number of Topliss-reactive ketones (excluding diaryl/α,β-unsaturated/α-hetero) is 1. The highest BCUT2D eigenvalue weighted by Crippen LogP contribution is 2.35. The number of hydrogen-bond acceptors (Lipinski definition) is 2. The van der Waals surface area contributed by atoms with Gasteiger partial charge in [-0.2, -0.15) is 0 Å². The van der Waals surface area contributed by atoms with E-state index < -0.39 is 5.97 Å². The molecule has 0 aliphatic heterocycles. The molecular formula is C23H33ClO3. The molecule has 150 valence electrons. The first-order valence-corrected chi connectivity index (χ1v) is 10.9. The third-order valence-corrected chi connectivity index (χ3v) is 6.12. The first-order chi connectivity index (χ1) is 13.0. The second-order valence-corrected chi connectivity index (χ2v) is 8.44. The molecule has 2 rings (SSSR count). The van der Waals surface area contributed by atoms with Gasteiger partial charge >= 0.3 is 5.97 Å². The largest absolute Gasteiger partial charge is 0.481 e. The van der Waals surface area contributed by atoms with Gasteiger partial charge in [-0.3, -0.25) is 9.59 Å². The van der Waals surface area contributed by atoms with Crippen molar-refractivity contribution in [1.29, 1.82) is 0 Å². The Kier molecular flexibility index (Phi) is 9.33. The van der Waals surface area contributed by atoms with Crippen molar-refractivity contribution in [2.24, 2.45) is 17.8 Å². The maximum Gasteiger partial charge on any atom is 0.303 e. The molecular weight excluding hydrogens is 360 g/mol. The zero-order chi connectivity index (χ0) is 19.6. The second-order valence-electron chi connectivity index (χ2n) is 8.03. The molecule has 2 aliphatic rings. The molecule has 1 fully saturated rings. The van der Waals surface area contributed by atoms with Gasteiger partial charge < -0.3 is 5.11 Å². The zero-order valence-corrected chi connectivity index (χ0v) is 17.2. The molecule has 4 heteroatoms. The SMILES string of the molecule is CCCC1CCC(C=CC=C2C(=O)C(Cl)=CC2CCCCCCC(=O)O)C1. The van der Waals surface area contributed by atoms with Crippen LogP contribution in [0.1, 0.15) is 77.6 Å². The van der Waals surface area contributed by atoms with Crippen LogP contribution in [0.15, 0.2) is 34.9 Å².